The summed E-state index contributed by atoms with van der Waals surface area (Å²) in [4.78, 5) is 11.6. The maximum atomic E-state index is 11.6. The molecule has 0 aromatic carbocycles. The van der Waals surface area contributed by atoms with Crippen molar-refractivity contribution in [3.8, 4) is 0 Å². The summed E-state index contributed by atoms with van der Waals surface area (Å²) < 4.78 is 0. The van der Waals surface area contributed by atoms with E-state index in [0.717, 1.165) is 18.4 Å². The summed E-state index contributed by atoms with van der Waals surface area (Å²) >= 11 is 0. The van der Waals surface area contributed by atoms with E-state index >= 15 is 0 Å². The van der Waals surface area contributed by atoms with Gasteiger partial charge in [-0.15, -0.1) is 0 Å². The summed E-state index contributed by atoms with van der Waals surface area (Å²) in [5.41, 5.74) is 1.07. The SMILES string of the molecule is C=C(C)C1CCC2C(CC(=O)C[C@@H]2C)[C@H]1O. The minimum atomic E-state index is -0.344. The molecule has 0 saturated heterocycles. The van der Waals surface area contributed by atoms with Crippen molar-refractivity contribution in [3.05, 3.63) is 12.2 Å². The molecule has 2 saturated carbocycles. The molecule has 5 atom stereocenters. The standard InChI is InChI=1S/C14H22O2/c1-8(2)11-4-5-12-9(3)6-10(15)7-13(12)14(11)16/h9,11-14,16H,1,4-7H2,2-3H3/t9-,11?,12?,13?,14-/m0/s1. The van der Waals surface area contributed by atoms with Crippen LogP contribution < -0.4 is 0 Å². The summed E-state index contributed by atoms with van der Waals surface area (Å²) in [5.74, 6) is 1.72. The van der Waals surface area contributed by atoms with Gasteiger partial charge in [-0.05, 0) is 37.5 Å². The summed E-state index contributed by atoms with van der Waals surface area (Å²) in [6.45, 7) is 8.10. The highest BCUT2D eigenvalue weighted by molar-refractivity contribution is 5.79. The Kier molecular flexibility index (Phi) is 3.20. The van der Waals surface area contributed by atoms with Crippen molar-refractivity contribution in [3.63, 3.8) is 0 Å². The van der Waals surface area contributed by atoms with Crippen molar-refractivity contribution in [1.82, 2.24) is 0 Å². The third-order valence-electron chi connectivity index (χ3n) is 4.59. The van der Waals surface area contributed by atoms with E-state index in [0.29, 0.717) is 30.5 Å². The van der Waals surface area contributed by atoms with Crippen molar-refractivity contribution in [1.29, 1.82) is 0 Å². The van der Waals surface area contributed by atoms with Gasteiger partial charge in [0.25, 0.3) is 0 Å². The molecule has 0 aliphatic heterocycles. The molecule has 0 heterocycles. The van der Waals surface area contributed by atoms with Gasteiger partial charge < -0.3 is 5.11 Å². The summed E-state index contributed by atoms with van der Waals surface area (Å²) in [6, 6.07) is 0. The molecule has 0 spiro atoms. The number of aliphatic hydroxyl groups excluding tert-OH is 1. The minimum Gasteiger partial charge on any atom is -0.392 e. The second-order valence-corrected chi connectivity index (χ2v) is 5.77. The molecule has 3 unspecified atom stereocenters. The van der Waals surface area contributed by atoms with Gasteiger partial charge in [0.1, 0.15) is 5.78 Å². The first-order valence-electron chi connectivity index (χ1n) is 6.36. The molecule has 2 fully saturated rings. The zero-order valence-corrected chi connectivity index (χ0v) is 10.3. The van der Waals surface area contributed by atoms with Gasteiger partial charge in [-0.3, -0.25) is 4.79 Å². The molecule has 1 N–H and O–H groups in total. The van der Waals surface area contributed by atoms with Gasteiger partial charge in [-0.1, -0.05) is 19.1 Å². The Morgan fingerprint density at radius 1 is 1.31 bits per heavy atom. The van der Waals surface area contributed by atoms with Gasteiger partial charge in [-0.2, -0.15) is 0 Å². The second kappa shape index (κ2) is 4.33. The maximum absolute atomic E-state index is 11.6. The monoisotopic (exact) mass is 222 g/mol. The van der Waals surface area contributed by atoms with E-state index in [1.807, 2.05) is 6.92 Å². The average molecular weight is 222 g/mol. The molecule has 2 nitrogen and oxygen atoms in total. The molecule has 0 radical (unpaired) electrons. The first kappa shape index (κ1) is 11.8. The zero-order valence-electron chi connectivity index (χ0n) is 10.3. The average Bonchev–Trinajstić information content (AvgIpc) is 2.19. The Hall–Kier alpha value is -0.630. The van der Waals surface area contributed by atoms with Crippen LogP contribution in [-0.4, -0.2) is 17.0 Å². The van der Waals surface area contributed by atoms with E-state index in [4.69, 9.17) is 0 Å². The Balaban J connectivity index is 2.16. The smallest absolute Gasteiger partial charge is 0.133 e. The van der Waals surface area contributed by atoms with Crippen molar-refractivity contribution in [2.75, 3.05) is 0 Å². The number of carbonyl (C=O) groups excluding carboxylic acids is 1. The van der Waals surface area contributed by atoms with Crippen LogP contribution in [0.25, 0.3) is 0 Å². The number of aliphatic hydroxyl groups is 1. The molecular formula is C14H22O2. The molecule has 16 heavy (non-hydrogen) atoms. The van der Waals surface area contributed by atoms with Crippen LogP contribution in [0.15, 0.2) is 12.2 Å². The largest absolute Gasteiger partial charge is 0.392 e. The molecule has 2 heteroatoms. The quantitative estimate of drug-likeness (QED) is 0.692. The van der Waals surface area contributed by atoms with Gasteiger partial charge >= 0.3 is 0 Å². The predicted octanol–water partition coefficient (Wildman–Crippen LogP) is 2.56. The van der Waals surface area contributed by atoms with Crippen LogP contribution in [0.4, 0.5) is 0 Å². The van der Waals surface area contributed by atoms with Gasteiger partial charge in [0.2, 0.25) is 0 Å². The lowest BCUT2D eigenvalue weighted by Gasteiger charge is -2.45. The van der Waals surface area contributed by atoms with E-state index < -0.39 is 0 Å². The number of ketones is 1. The van der Waals surface area contributed by atoms with Crippen molar-refractivity contribution in [2.24, 2.45) is 23.7 Å². The molecule has 2 aliphatic carbocycles. The molecular weight excluding hydrogens is 200 g/mol. The Bertz CT molecular complexity index is 308. The Morgan fingerprint density at radius 3 is 2.62 bits per heavy atom. The predicted molar refractivity (Wildman–Crippen MR) is 63.9 cm³/mol. The van der Waals surface area contributed by atoms with Crippen LogP contribution in [0.3, 0.4) is 0 Å². The summed E-state index contributed by atoms with van der Waals surface area (Å²) in [7, 11) is 0. The number of fused-ring (bicyclic) bond motifs is 1. The first-order chi connectivity index (χ1) is 7.50. The lowest BCUT2D eigenvalue weighted by atomic mass is 9.61. The van der Waals surface area contributed by atoms with Crippen LogP contribution in [0.5, 0.6) is 0 Å². The number of carbonyl (C=O) groups is 1. The van der Waals surface area contributed by atoms with Crippen LogP contribution in [-0.2, 0) is 4.79 Å². The van der Waals surface area contributed by atoms with Crippen LogP contribution >= 0.6 is 0 Å². The normalized spacial score (nSPS) is 43.9. The van der Waals surface area contributed by atoms with Gasteiger partial charge in [0, 0.05) is 18.8 Å². The topological polar surface area (TPSA) is 37.3 Å². The van der Waals surface area contributed by atoms with Gasteiger partial charge in [0.05, 0.1) is 6.10 Å². The Morgan fingerprint density at radius 2 is 2.00 bits per heavy atom. The minimum absolute atomic E-state index is 0.187. The summed E-state index contributed by atoms with van der Waals surface area (Å²) in [6.07, 6.45) is 3.14. The fourth-order valence-electron chi connectivity index (χ4n) is 3.68. The molecule has 0 amide bonds. The first-order valence-corrected chi connectivity index (χ1v) is 6.36. The van der Waals surface area contributed by atoms with Crippen molar-refractivity contribution < 1.29 is 9.90 Å². The molecule has 2 rings (SSSR count). The van der Waals surface area contributed by atoms with Crippen molar-refractivity contribution >= 4 is 5.78 Å². The number of hydrogen-bond acceptors (Lipinski definition) is 2. The van der Waals surface area contributed by atoms with Crippen LogP contribution in [0, 0.1) is 23.7 Å². The van der Waals surface area contributed by atoms with Crippen LogP contribution in [0.2, 0.25) is 0 Å². The fourth-order valence-corrected chi connectivity index (χ4v) is 3.68. The third-order valence-corrected chi connectivity index (χ3v) is 4.59. The second-order valence-electron chi connectivity index (χ2n) is 5.77. The summed E-state index contributed by atoms with van der Waals surface area (Å²) in [5, 5.41) is 10.4. The number of hydrogen-bond donors (Lipinski definition) is 1. The van der Waals surface area contributed by atoms with Gasteiger partial charge in [0.15, 0.2) is 0 Å². The molecule has 90 valence electrons. The highest BCUT2D eigenvalue weighted by Gasteiger charge is 2.44. The zero-order chi connectivity index (χ0) is 11.9. The Labute approximate surface area is 97.7 Å². The molecule has 2 aliphatic rings. The van der Waals surface area contributed by atoms with E-state index in [1.54, 1.807) is 0 Å². The maximum Gasteiger partial charge on any atom is 0.133 e. The van der Waals surface area contributed by atoms with E-state index in [2.05, 4.69) is 13.5 Å². The van der Waals surface area contributed by atoms with E-state index in [1.165, 1.54) is 0 Å². The molecule has 0 bridgehead atoms. The van der Waals surface area contributed by atoms with Crippen molar-refractivity contribution in [2.45, 2.75) is 45.6 Å². The highest BCUT2D eigenvalue weighted by Crippen LogP contribution is 2.46. The lowest BCUT2D eigenvalue weighted by molar-refractivity contribution is -0.130. The molecule has 0 aromatic heterocycles. The van der Waals surface area contributed by atoms with Gasteiger partial charge in [-0.25, -0.2) is 0 Å². The molecule has 0 aromatic rings. The van der Waals surface area contributed by atoms with E-state index in [9.17, 15) is 9.90 Å². The third kappa shape index (κ3) is 1.95. The lowest BCUT2D eigenvalue weighted by Crippen LogP contribution is -2.45. The number of Topliss-reactive ketones (excluding diaryl/α,β-unsaturated/α-hetero) is 1. The number of rotatable bonds is 1. The van der Waals surface area contributed by atoms with E-state index in [-0.39, 0.29) is 17.9 Å². The highest BCUT2D eigenvalue weighted by atomic mass is 16.3. The fraction of sp³-hybridized carbons (Fsp3) is 0.786. The van der Waals surface area contributed by atoms with Crippen LogP contribution in [0.1, 0.15) is 39.5 Å².